The number of carbonyl (C=O) groups is 1. The number of rotatable bonds is 3. The van der Waals surface area contributed by atoms with E-state index in [1.165, 1.54) is 18.2 Å². The Labute approximate surface area is 123 Å². The van der Waals surface area contributed by atoms with E-state index in [2.05, 4.69) is 5.32 Å². The first-order chi connectivity index (χ1) is 9.78. The zero-order valence-corrected chi connectivity index (χ0v) is 12.4. The van der Waals surface area contributed by atoms with Crippen molar-refractivity contribution in [1.29, 1.82) is 0 Å². The van der Waals surface area contributed by atoms with Crippen LogP contribution in [0.15, 0.2) is 18.2 Å². The van der Waals surface area contributed by atoms with Crippen molar-refractivity contribution >= 4 is 17.3 Å². The molecule has 1 amide bonds. The third-order valence-corrected chi connectivity index (χ3v) is 3.88. The molecule has 0 saturated carbocycles. The molecule has 116 valence electrons. The number of aliphatic hydroxyl groups is 1. The van der Waals surface area contributed by atoms with Crippen molar-refractivity contribution < 1.29 is 14.3 Å². The molecule has 0 radical (unpaired) electrons. The fourth-order valence-corrected chi connectivity index (χ4v) is 2.63. The number of likely N-dealkylation sites (tertiary alicyclic amines) is 1. The molecule has 1 fully saturated rings. The van der Waals surface area contributed by atoms with Gasteiger partial charge >= 0.3 is 0 Å². The summed E-state index contributed by atoms with van der Waals surface area (Å²) < 4.78 is 13.6. The number of halogens is 1. The second-order valence-electron chi connectivity index (χ2n) is 5.98. The maximum absolute atomic E-state index is 13.6. The normalized spacial score (nSPS) is 24.6. The van der Waals surface area contributed by atoms with E-state index < -0.39 is 17.5 Å². The number of nitrogens with two attached hydrogens (primary N) is 1. The monoisotopic (exact) mass is 295 g/mol. The fraction of sp³-hybridized carbons (Fsp3) is 0.533. The second-order valence-corrected chi connectivity index (χ2v) is 5.98. The van der Waals surface area contributed by atoms with Gasteiger partial charge in [-0.25, -0.2) is 4.39 Å². The fourth-order valence-electron chi connectivity index (χ4n) is 2.63. The largest absolute Gasteiger partial charge is 0.399 e. The summed E-state index contributed by atoms with van der Waals surface area (Å²) in [4.78, 5) is 14.2. The number of nitrogen functional groups attached to an aromatic ring is 1. The van der Waals surface area contributed by atoms with Crippen molar-refractivity contribution in [2.75, 3.05) is 24.1 Å². The number of carbonyl (C=O) groups excluding carboxylic acids is 1. The van der Waals surface area contributed by atoms with E-state index >= 15 is 0 Å². The minimum Gasteiger partial charge on any atom is -0.399 e. The van der Waals surface area contributed by atoms with Crippen LogP contribution >= 0.6 is 0 Å². The van der Waals surface area contributed by atoms with E-state index in [1.54, 1.807) is 13.8 Å². The molecule has 1 aliphatic rings. The van der Waals surface area contributed by atoms with Crippen LogP contribution < -0.4 is 11.1 Å². The maximum Gasteiger partial charge on any atom is 0.241 e. The predicted octanol–water partition coefficient (Wildman–Crippen LogP) is 1.58. The topological polar surface area (TPSA) is 78.6 Å². The molecule has 6 heteroatoms. The summed E-state index contributed by atoms with van der Waals surface area (Å²) in [7, 11) is 0. The van der Waals surface area contributed by atoms with Gasteiger partial charge in [0.25, 0.3) is 0 Å². The molecule has 2 rings (SSSR count). The van der Waals surface area contributed by atoms with Gasteiger partial charge in [-0.1, -0.05) is 0 Å². The van der Waals surface area contributed by atoms with Gasteiger partial charge in [0.2, 0.25) is 5.91 Å². The van der Waals surface area contributed by atoms with Crippen molar-refractivity contribution in [3.8, 4) is 0 Å². The molecule has 1 aliphatic heterocycles. The van der Waals surface area contributed by atoms with Crippen LogP contribution in [-0.4, -0.2) is 40.6 Å². The van der Waals surface area contributed by atoms with Crippen LogP contribution in [0.3, 0.4) is 0 Å². The van der Waals surface area contributed by atoms with Crippen LogP contribution in [0.25, 0.3) is 0 Å². The zero-order valence-electron chi connectivity index (χ0n) is 12.4. The number of amides is 1. The van der Waals surface area contributed by atoms with Gasteiger partial charge in [-0.15, -0.1) is 0 Å². The van der Waals surface area contributed by atoms with E-state index in [9.17, 15) is 14.3 Å². The van der Waals surface area contributed by atoms with Crippen LogP contribution in [0.2, 0.25) is 0 Å². The summed E-state index contributed by atoms with van der Waals surface area (Å²) >= 11 is 0. The SMILES string of the molecule is CC(C(=O)Nc1cc(N)ccc1F)N1CCCC(C)(O)C1. The first kappa shape index (κ1) is 15.7. The highest BCUT2D eigenvalue weighted by Crippen LogP contribution is 2.23. The minimum absolute atomic E-state index is 0.0793. The Kier molecular flexibility index (Phi) is 4.49. The van der Waals surface area contributed by atoms with Gasteiger partial charge in [0, 0.05) is 12.2 Å². The molecule has 0 aromatic heterocycles. The zero-order chi connectivity index (χ0) is 15.6. The lowest BCUT2D eigenvalue weighted by Gasteiger charge is -2.39. The van der Waals surface area contributed by atoms with Crippen molar-refractivity contribution in [1.82, 2.24) is 4.90 Å². The Bertz CT molecular complexity index is 534. The summed E-state index contributed by atoms with van der Waals surface area (Å²) in [6.45, 7) is 4.69. The van der Waals surface area contributed by atoms with Crippen LogP contribution in [0.5, 0.6) is 0 Å². The number of anilines is 2. The lowest BCUT2D eigenvalue weighted by molar-refractivity contribution is -0.123. The molecule has 1 saturated heterocycles. The van der Waals surface area contributed by atoms with Crippen LogP contribution in [0.4, 0.5) is 15.8 Å². The predicted molar refractivity (Wildman–Crippen MR) is 80.3 cm³/mol. The third kappa shape index (κ3) is 3.92. The number of benzene rings is 1. The molecule has 21 heavy (non-hydrogen) atoms. The summed E-state index contributed by atoms with van der Waals surface area (Å²) in [5.41, 5.74) is 5.28. The Morgan fingerprint density at radius 3 is 2.95 bits per heavy atom. The molecule has 1 aromatic carbocycles. The molecule has 1 aromatic rings. The van der Waals surface area contributed by atoms with Crippen LogP contribution in [0.1, 0.15) is 26.7 Å². The molecular formula is C15H22FN3O2. The molecule has 5 nitrogen and oxygen atoms in total. The molecular weight excluding hydrogens is 273 g/mol. The van der Waals surface area contributed by atoms with Gasteiger partial charge in [0.15, 0.2) is 0 Å². The average molecular weight is 295 g/mol. The van der Waals surface area contributed by atoms with Gasteiger partial charge in [-0.2, -0.15) is 0 Å². The van der Waals surface area contributed by atoms with Gasteiger partial charge in [-0.05, 0) is 51.4 Å². The standard InChI is InChI=1S/C15H22FN3O2/c1-10(19-7-3-6-15(2,21)9-19)14(20)18-13-8-11(17)4-5-12(13)16/h4-5,8,10,21H,3,6-7,9,17H2,1-2H3,(H,18,20). The van der Waals surface area contributed by atoms with Crippen molar-refractivity contribution in [2.24, 2.45) is 0 Å². The van der Waals surface area contributed by atoms with Crippen molar-refractivity contribution in [3.05, 3.63) is 24.0 Å². The first-order valence-electron chi connectivity index (χ1n) is 7.11. The molecule has 2 unspecified atom stereocenters. The van der Waals surface area contributed by atoms with E-state index in [0.29, 0.717) is 12.2 Å². The van der Waals surface area contributed by atoms with E-state index in [1.807, 2.05) is 4.90 Å². The molecule has 0 aliphatic carbocycles. The van der Waals surface area contributed by atoms with Gasteiger partial charge in [0.05, 0.1) is 17.3 Å². The highest BCUT2D eigenvalue weighted by Gasteiger charge is 2.33. The number of hydrogen-bond acceptors (Lipinski definition) is 4. The molecule has 0 spiro atoms. The summed E-state index contributed by atoms with van der Waals surface area (Å²) in [5, 5.41) is 12.7. The van der Waals surface area contributed by atoms with Gasteiger partial charge in [0.1, 0.15) is 5.82 Å². The van der Waals surface area contributed by atoms with E-state index in [-0.39, 0.29) is 11.6 Å². The quantitative estimate of drug-likeness (QED) is 0.740. The number of hydrogen-bond donors (Lipinski definition) is 3. The molecule has 4 N–H and O–H groups in total. The van der Waals surface area contributed by atoms with Crippen molar-refractivity contribution in [2.45, 2.75) is 38.3 Å². The molecule has 0 bridgehead atoms. The maximum atomic E-state index is 13.6. The summed E-state index contributed by atoms with van der Waals surface area (Å²) in [5.74, 6) is -0.826. The second kappa shape index (κ2) is 5.99. The van der Waals surface area contributed by atoms with Gasteiger partial charge < -0.3 is 16.2 Å². The lowest BCUT2D eigenvalue weighted by atomic mass is 9.94. The van der Waals surface area contributed by atoms with Crippen molar-refractivity contribution in [3.63, 3.8) is 0 Å². The Morgan fingerprint density at radius 2 is 2.29 bits per heavy atom. The van der Waals surface area contributed by atoms with Crippen LogP contribution in [0, 0.1) is 5.82 Å². The summed E-state index contributed by atoms with van der Waals surface area (Å²) in [6.07, 6.45) is 1.55. The number of β-amino-alcohol motifs (C(OH)–C–C–N with tert-alkyl or cyclic N) is 1. The first-order valence-corrected chi connectivity index (χ1v) is 7.11. The number of nitrogens with zero attached hydrogens (tertiary/aromatic N) is 1. The highest BCUT2D eigenvalue weighted by atomic mass is 19.1. The van der Waals surface area contributed by atoms with E-state index in [4.69, 9.17) is 5.73 Å². The van der Waals surface area contributed by atoms with Gasteiger partial charge in [-0.3, -0.25) is 9.69 Å². The molecule has 1 heterocycles. The summed E-state index contributed by atoms with van der Waals surface area (Å²) in [6, 6.07) is 3.61. The Morgan fingerprint density at radius 1 is 1.57 bits per heavy atom. The highest BCUT2D eigenvalue weighted by molar-refractivity contribution is 5.95. The average Bonchev–Trinajstić information content (AvgIpc) is 2.41. The molecule has 2 atom stereocenters. The van der Waals surface area contributed by atoms with Crippen LogP contribution in [-0.2, 0) is 4.79 Å². The Balaban J connectivity index is 2.04. The third-order valence-electron chi connectivity index (χ3n) is 3.88. The van der Waals surface area contributed by atoms with E-state index in [0.717, 1.165) is 19.4 Å². The number of nitrogens with one attached hydrogen (secondary N) is 1. The smallest absolute Gasteiger partial charge is 0.241 e. The minimum atomic E-state index is -0.783. The number of piperidine rings is 1. The lowest BCUT2D eigenvalue weighted by Crippen LogP contribution is -2.52. The Hall–Kier alpha value is -1.66.